The third-order valence-electron chi connectivity index (χ3n) is 5.01. The molecule has 32 heavy (non-hydrogen) atoms. The molecule has 2 aromatic rings. The number of benzene rings is 2. The monoisotopic (exact) mass is 502 g/mol. The zero-order valence-corrected chi connectivity index (χ0v) is 20.0. The van der Waals surface area contributed by atoms with Crippen LogP contribution in [0.5, 0.6) is 17.2 Å². The summed E-state index contributed by atoms with van der Waals surface area (Å²) >= 11 is 11.8. The Bertz CT molecular complexity index is 1090. The van der Waals surface area contributed by atoms with E-state index >= 15 is 0 Å². The molecule has 0 saturated heterocycles. The number of halogens is 2. The molecule has 0 fully saturated rings. The highest BCUT2D eigenvalue weighted by Crippen LogP contribution is 2.33. The van der Waals surface area contributed by atoms with Gasteiger partial charge in [-0.1, -0.05) is 23.2 Å². The van der Waals surface area contributed by atoms with Gasteiger partial charge in [0.25, 0.3) is 5.91 Å². The second-order valence-corrected chi connectivity index (χ2v) is 10.0. The maximum absolute atomic E-state index is 12.8. The highest BCUT2D eigenvalue weighted by molar-refractivity contribution is 7.89. The zero-order valence-electron chi connectivity index (χ0n) is 17.7. The maximum Gasteiger partial charge on any atom is 0.257 e. The molecule has 0 radical (unpaired) electrons. The van der Waals surface area contributed by atoms with Crippen LogP contribution in [0.4, 0.5) is 0 Å². The lowest BCUT2D eigenvalue weighted by molar-refractivity contribution is -0.122. The molecule has 1 aliphatic rings. The number of ether oxygens (including phenoxy) is 3. The van der Waals surface area contributed by atoms with Gasteiger partial charge < -0.3 is 19.5 Å². The molecule has 11 heteroatoms. The standard InChI is InChI=1S/C21H24Cl2N2O6S/c1-29-19-9-14-5-7-25(12-15(14)10-20(19)30-2)32(27,28)8-6-24-21(26)13-31-18-4-3-16(22)11-17(18)23/h3-4,9-11H,5-8,12-13H2,1-2H3,(H,24,26). The summed E-state index contributed by atoms with van der Waals surface area (Å²) in [6.45, 7) is 0.273. The Hall–Kier alpha value is -2.20. The number of methoxy groups -OCH3 is 2. The Morgan fingerprint density at radius 1 is 1.06 bits per heavy atom. The van der Waals surface area contributed by atoms with Gasteiger partial charge in [-0.3, -0.25) is 4.79 Å². The van der Waals surface area contributed by atoms with Crippen LogP contribution < -0.4 is 19.5 Å². The van der Waals surface area contributed by atoms with E-state index in [0.717, 1.165) is 11.1 Å². The van der Waals surface area contributed by atoms with Crippen molar-refractivity contribution in [2.45, 2.75) is 13.0 Å². The topological polar surface area (TPSA) is 94.2 Å². The molecule has 174 valence electrons. The summed E-state index contributed by atoms with van der Waals surface area (Å²) in [6.07, 6.45) is 0.566. The summed E-state index contributed by atoms with van der Waals surface area (Å²) in [7, 11) is -0.466. The fraction of sp³-hybridized carbons (Fsp3) is 0.381. The molecular formula is C21H24Cl2N2O6S. The van der Waals surface area contributed by atoms with Crippen LogP contribution in [0.1, 0.15) is 11.1 Å². The van der Waals surface area contributed by atoms with Crippen LogP contribution in [0.25, 0.3) is 0 Å². The molecule has 0 bridgehead atoms. The van der Waals surface area contributed by atoms with Crippen molar-refractivity contribution in [3.63, 3.8) is 0 Å². The van der Waals surface area contributed by atoms with Crippen LogP contribution >= 0.6 is 23.2 Å². The molecule has 1 heterocycles. The number of amides is 1. The van der Waals surface area contributed by atoms with Crippen molar-refractivity contribution in [2.75, 3.05) is 39.7 Å². The number of sulfonamides is 1. The maximum atomic E-state index is 12.8. The first kappa shape index (κ1) is 24.4. The first-order valence-corrected chi connectivity index (χ1v) is 12.2. The minimum atomic E-state index is -3.57. The quantitative estimate of drug-likeness (QED) is 0.566. The predicted octanol–water partition coefficient (Wildman–Crippen LogP) is 2.89. The Morgan fingerprint density at radius 2 is 1.75 bits per heavy atom. The van der Waals surface area contributed by atoms with Gasteiger partial charge in [0.15, 0.2) is 18.1 Å². The SMILES string of the molecule is COc1cc2c(cc1OC)CN(S(=O)(=O)CCNC(=O)COc1ccc(Cl)cc1Cl)CC2. The van der Waals surface area contributed by atoms with Gasteiger partial charge in [0, 0.05) is 24.7 Å². The van der Waals surface area contributed by atoms with Crippen LogP contribution in [-0.4, -0.2) is 58.3 Å². The minimum Gasteiger partial charge on any atom is -0.493 e. The molecule has 0 spiro atoms. The number of fused-ring (bicyclic) bond motifs is 1. The number of carbonyl (C=O) groups excluding carboxylic acids is 1. The molecule has 8 nitrogen and oxygen atoms in total. The van der Waals surface area contributed by atoms with E-state index in [0.29, 0.717) is 35.2 Å². The number of rotatable bonds is 9. The van der Waals surface area contributed by atoms with Gasteiger partial charge in [-0.25, -0.2) is 8.42 Å². The number of nitrogens with zero attached hydrogens (tertiary/aromatic N) is 1. The van der Waals surface area contributed by atoms with Gasteiger partial charge in [-0.2, -0.15) is 4.31 Å². The fourth-order valence-corrected chi connectivity index (χ4v) is 5.12. The van der Waals surface area contributed by atoms with Crippen molar-refractivity contribution in [1.82, 2.24) is 9.62 Å². The lowest BCUT2D eigenvalue weighted by Gasteiger charge is -2.29. The second-order valence-electron chi connectivity index (χ2n) is 7.09. The molecule has 0 unspecified atom stereocenters. The number of hydrogen-bond acceptors (Lipinski definition) is 6. The van der Waals surface area contributed by atoms with E-state index in [1.54, 1.807) is 25.3 Å². The average Bonchev–Trinajstić information content (AvgIpc) is 2.76. The second kappa shape index (κ2) is 10.6. The van der Waals surface area contributed by atoms with Crippen molar-refractivity contribution in [3.8, 4) is 17.2 Å². The van der Waals surface area contributed by atoms with Crippen molar-refractivity contribution >= 4 is 39.1 Å². The molecule has 0 saturated carbocycles. The van der Waals surface area contributed by atoms with E-state index in [-0.39, 0.29) is 30.5 Å². The number of nitrogens with one attached hydrogen (secondary N) is 1. The molecule has 0 aromatic heterocycles. The van der Waals surface area contributed by atoms with Crippen molar-refractivity contribution < 1.29 is 27.4 Å². The third-order valence-corrected chi connectivity index (χ3v) is 7.36. The lowest BCUT2D eigenvalue weighted by Crippen LogP contribution is -2.41. The minimum absolute atomic E-state index is 0.0336. The van der Waals surface area contributed by atoms with E-state index in [2.05, 4.69) is 5.32 Å². The van der Waals surface area contributed by atoms with Gasteiger partial charge in [-0.15, -0.1) is 0 Å². The Morgan fingerprint density at radius 3 is 2.41 bits per heavy atom. The summed E-state index contributed by atoms with van der Waals surface area (Å²) in [4.78, 5) is 12.0. The van der Waals surface area contributed by atoms with Crippen molar-refractivity contribution in [2.24, 2.45) is 0 Å². The Balaban J connectivity index is 1.51. The van der Waals surface area contributed by atoms with E-state index < -0.39 is 15.9 Å². The number of hydrogen-bond donors (Lipinski definition) is 1. The van der Waals surface area contributed by atoms with Crippen LogP contribution in [0, 0.1) is 0 Å². The van der Waals surface area contributed by atoms with Gasteiger partial charge in [0.2, 0.25) is 10.0 Å². The third kappa shape index (κ3) is 5.98. The molecule has 2 aromatic carbocycles. The number of carbonyl (C=O) groups is 1. The van der Waals surface area contributed by atoms with Gasteiger partial charge in [0.05, 0.1) is 25.0 Å². The molecular weight excluding hydrogens is 479 g/mol. The summed E-state index contributed by atoms with van der Waals surface area (Å²) in [6, 6.07) is 8.34. The van der Waals surface area contributed by atoms with Gasteiger partial charge in [-0.05, 0) is 47.9 Å². The predicted molar refractivity (Wildman–Crippen MR) is 122 cm³/mol. The molecule has 0 aliphatic carbocycles. The van der Waals surface area contributed by atoms with E-state index in [4.69, 9.17) is 37.4 Å². The highest BCUT2D eigenvalue weighted by Gasteiger charge is 2.27. The van der Waals surface area contributed by atoms with E-state index in [1.165, 1.54) is 17.5 Å². The first-order chi connectivity index (χ1) is 15.2. The molecule has 1 aliphatic heterocycles. The summed E-state index contributed by atoms with van der Waals surface area (Å²) in [5.41, 5.74) is 1.90. The van der Waals surface area contributed by atoms with Crippen LogP contribution in [-0.2, 0) is 27.8 Å². The summed E-state index contributed by atoms with van der Waals surface area (Å²) in [5, 5.41) is 3.29. The Labute approximate surface area is 197 Å². The summed E-state index contributed by atoms with van der Waals surface area (Å²) in [5.74, 6) is 0.819. The van der Waals surface area contributed by atoms with Crippen molar-refractivity contribution in [1.29, 1.82) is 0 Å². The smallest absolute Gasteiger partial charge is 0.257 e. The fourth-order valence-electron chi connectivity index (χ4n) is 3.33. The van der Waals surface area contributed by atoms with Crippen LogP contribution in [0.2, 0.25) is 10.0 Å². The largest absolute Gasteiger partial charge is 0.493 e. The van der Waals surface area contributed by atoms with Gasteiger partial charge in [0.1, 0.15) is 5.75 Å². The van der Waals surface area contributed by atoms with E-state index in [9.17, 15) is 13.2 Å². The molecule has 3 rings (SSSR count). The zero-order chi connectivity index (χ0) is 23.3. The molecule has 1 N–H and O–H groups in total. The Kier molecular flexibility index (Phi) is 8.10. The molecule has 0 atom stereocenters. The average molecular weight is 503 g/mol. The van der Waals surface area contributed by atoms with E-state index in [1.807, 2.05) is 6.07 Å². The van der Waals surface area contributed by atoms with Crippen LogP contribution in [0.3, 0.4) is 0 Å². The normalized spacial score (nSPS) is 13.9. The van der Waals surface area contributed by atoms with Crippen LogP contribution in [0.15, 0.2) is 30.3 Å². The van der Waals surface area contributed by atoms with Gasteiger partial charge >= 0.3 is 0 Å². The first-order valence-electron chi connectivity index (χ1n) is 9.79. The van der Waals surface area contributed by atoms with Crippen molar-refractivity contribution in [3.05, 3.63) is 51.5 Å². The molecule has 1 amide bonds. The highest BCUT2D eigenvalue weighted by atomic mass is 35.5. The lowest BCUT2D eigenvalue weighted by atomic mass is 10.0. The summed E-state index contributed by atoms with van der Waals surface area (Å²) < 4.78 is 42.9.